The monoisotopic (exact) mass is 360 g/mol. The zero-order valence-electron chi connectivity index (χ0n) is 15.1. The van der Waals surface area contributed by atoms with Crippen LogP contribution in [-0.2, 0) is 11.3 Å². The molecule has 9 nitrogen and oxygen atoms in total. The molecule has 0 aliphatic rings. The molecule has 1 aromatic heterocycles. The van der Waals surface area contributed by atoms with Gasteiger partial charge in [0.1, 0.15) is 11.7 Å². The van der Waals surface area contributed by atoms with Crippen molar-refractivity contribution < 1.29 is 14.8 Å². The first kappa shape index (κ1) is 19.4. The summed E-state index contributed by atoms with van der Waals surface area (Å²) in [4.78, 5) is 23.6. The molecule has 1 heterocycles. The maximum Gasteiger partial charge on any atom is 0.315 e. The second-order valence-corrected chi connectivity index (χ2v) is 6.48. The summed E-state index contributed by atoms with van der Waals surface area (Å²) < 4.78 is 1.62. The van der Waals surface area contributed by atoms with E-state index >= 15 is 0 Å². The number of nitrogens with one attached hydrogen (secondary N) is 3. The number of hydrogen-bond donors (Lipinski definition) is 4. The van der Waals surface area contributed by atoms with Gasteiger partial charge < -0.3 is 10.6 Å². The minimum atomic E-state index is -0.816. The molecule has 140 valence electrons. The van der Waals surface area contributed by atoms with E-state index in [2.05, 4.69) is 20.9 Å². The van der Waals surface area contributed by atoms with Gasteiger partial charge in [0.05, 0.1) is 18.4 Å². The molecule has 2 rings (SSSR count). The lowest BCUT2D eigenvalue weighted by atomic mass is 10.0. The fraction of sp³-hybridized carbons (Fsp3) is 0.412. The predicted octanol–water partition coefficient (Wildman–Crippen LogP) is 1.30. The second-order valence-electron chi connectivity index (χ2n) is 6.48. The predicted molar refractivity (Wildman–Crippen MR) is 94.6 cm³/mol. The van der Waals surface area contributed by atoms with Crippen LogP contribution < -0.4 is 16.1 Å². The van der Waals surface area contributed by atoms with Crippen molar-refractivity contribution in [3.8, 4) is 5.69 Å². The van der Waals surface area contributed by atoms with Gasteiger partial charge in [0.25, 0.3) is 5.91 Å². The molecule has 0 fully saturated rings. The number of nitrogens with zero attached hydrogens (tertiary/aromatic N) is 3. The third kappa shape index (κ3) is 5.55. The molecular formula is C17H24N6O3. The topological polar surface area (TPSA) is 121 Å². The largest absolute Gasteiger partial charge is 0.332 e. The molecule has 9 heteroatoms. The average Bonchev–Trinajstić information content (AvgIpc) is 3.08. The number of carbonyl (C=O) groups excluding carboxylic acids is 2. The van der Waals surface area contributed by atoms with E-state index in [1.54, 1.807) is 16.4 Å². The van der Waals surface area contributed by atoms with E-state index in [-0.39, 0.29) is 12.5 Å². The summed E-state index contributed by atoms with van der Waals surface area (Å²) in [6.07, 6.45) is 2.13. The van der Waals surface area contributed by atoms with Crippen LogP contribution in [-0.4, -0.2) is 38.2 Å². The molecule has 0 saturated heterocycles. The van der Waals surface area contributed by atoms with E-state index in [0.29, 0.717) is 12.1 Å². The third-order valence-corrected chi connectivity index (χ3v) is 3.71. The zero-order valence-corrected chi connectivity index (χ0v) is 15.1. The molecule has 0 unspecified atom stereocenters. The quantitative estimate of drug-likeness (QED) is 0.438. The molecule has 0 saturated carbocycles. The van der Waals surface area contributed by atoms with Gasteiger partial charge in [-0.3, -0.25) is 10.0 Å². The molecule has 0 aliphatic carbocycles. The summed E-state index contributed by atoms with van der Waals surface area (Å²) in [5.41, 5.74) is 4.16. The summed E-state index contributed by atoms with van der Waals surface area (Å²) in [7, 11) is 0. The van der Waals surface area contributed by atoms with Crippen molar-refractivity contribution in [1.29, 1.82) is 0 Å². The number of amides is 3. The summed E-state index contributed by atoms with van der Waals surface area (Å²) in [5, 5.41) is 22.0. The number of aromatic nitrogens is 3. The molecule has 1 atom stereocenters. The average molecular weight is 360 g/mol. The highest BCUT2D eigenvalue weighted by Crippen LogP contribution is 2.08. The minimum Gasteiger partial charge on any atom is -0.332 e. The van der Waals surface area contributed by atoms with Crippen molar-refractivity contribution >= 4 is 11.9 Å². The highest BCUT2D eigenvalue weighted by Gasteiger charge is 2.21. The lowest BCUT2D eigenvalue weighted by molar-refractivity contribution is -0.131. The maximum absolute atomic E-state index is 12.0. The van der Waals surface area contributed by atoms with Gasteiger partial charge in [0.15, 0.2) is 0 Å². The van der Waals surface area contributed by atoms with Crippen LogP contribution in [0.2, 0.25) is 0 Å². The SMILES string of the molecule is Cc1ccc(-n2cc(CNC(=O)N[C@@H](CC(C)C)C(=O)NO)nn2)cc1. The molecule has 0 bridgehead atoms. The number of hydroxylamine groups is 1. The lowest BCUT2D eigenvalue weighted by Crippen LogP contribution is -2.49. The first-order valence-electron chi connectivity index (χ1n) is 8.35. The van der Waals surface area contributed by atoms with Gasteiger partial charge >= 0.3 is 6.03 Å². The summed E-state index contributed by atoms with van der Waals surface area (Å²) in [5.74, 6) is -0.480. The van der Waals surface area contributed by atoms with Crippen molar-refractivity contribution in [2.45, 2.75) is 39.8 Å². The number of carbonyl (C=O) groups is 2. The van der Waals surface area contributed by atoms with E-state index in [4.69, 9.17) is 5.21 Å². The van der Waals surface area contributed by atoms with Gasteiger partial charge in [-0.2, -0.15) is 0 Å². The maximum atomic E-state index is 12.0. The van der Waals surface area contributed by atoms with Crippen molar-refractivity contribution in [3.63, 3.8) is 0 Å². The highest BCUT2D eigenvalue weighted by atomic mass is 16.5. The summed E-state index contributed by atoms with van der Waals surface area (Å²) in [6, 6.07) is 6.47. The van der Waals surface area contributed by atoms with Crippen LogP contribution in [0.5, 0.6) is 0 Å². The lowest BCUT2D eigenvalue weighted by Gasteiger charge is -2.18. The molecule has 26 heavy (non-hydrogen) atoms. The van der Waals surface area contributed by atoms with Crippen LogP contribution in [0.1, 0.15) is 31.5 Å². The van der Waals surface area contributed by atoms with Gasteiger partial charge in [0, 0.05) is 0 Å². The van der Waals surface area contributed by atoms with E-state index < -0.39 is 18.0 Å². The van der Waals surface area contributed by atoms with E-state index in [0.717, 1.165) is 11.3 Å². The number of rotatable bonds is 7. The van der Waals surface area contributed by atoms with Crippen LogP contribution in [0, 0.1) is 12.8 Å². The first-order chi connectivity index (χ1) is 12.4. The van der Waals surface area contributed by atoms with Gasteiger partial charge in [-0.1, -0.05) is 36.8 Å². The number of aryl methyl sites for hydroxylation is 1. The highest BCUT2D eigenvalue weighted by molar-refractivity contribution is 5.86. The Morgan fingerprint density at radius 1 is 1.23 bits per heavy atom. The van der Waals surface area contributed by atoms with Crippen molar-refractivity contribution in [1.82, 2.24) is 31.1 Å². The summed E-state index contributed by atoms with van der Waals surface area (Å²) in [6.45, 7) is 6.00. The van der Waals surface area contributed by atoms with Gasteiger partial charge in [-0.25, -0.2) is 15.0 Å². The molecule has 1 aromatic carbocycles. The smallest absolute Gasteiger partial charge is 0.315 e. The molecule has 0 aliphatic heterocycles. The molecule has 4 N–H and O–H groups in total. The van der Waals surface area contributed by atoms with Crippen LogP contribution in [0.15, 0.2) is 30.5 Å². The first-order valence-corrected chi connectivity index (χ1v) is 8.35. The third-order valence-electron chi connectivity index (χ3n) is 3.71. The molecule has 0 radical (unpaired) electrons. The Hall–Kier alpha value is -2.94. The fourth-order valence-corrected chi connectivity index (χ4v) is 2.36. The zero-order chi connectivity index (χ0) is 19.1. The molecule has 3 amide bonds. The Kier molecular flexibility index (Phi) is 6.67. The van der Waals surface area contributed by atoms with Crippen LogP contribution in [0.4, 0.5) is 4.79 Å². The second kappa shape index (κ2) is 8.95. The molecule has 0 spiro atoms. The van der Waals surface area contributed by atoms with Crippen LogP contribution in [0.25, 0.3) is 5.69 Å². The molecule has 2 aromatic rings. The molecular weight excluding hydrogens is 336 g/mol. The van der Waals surface area contributed by atoms with Gasteiger partial charge in [0.2, 0.25) is 0 Å². The van der Waals surface area contributed by atoms with E-state index in [1.165, 1.54) is 0 Å². The van der Waals surface area contributed by atoms with Crippen molar-refractivity contribution in [3.05, 3.63) is 41.7 Å². The Morgan fingerprint density at radius 2 is 1.92 bits per heavy atom. The Labute approximate surface area is 151 Å². The van der Waals surface area contributed by atoms with E-state index in [1.807, 2.05) is 45.0 Å². The number of urea groups is 1. The van der Waals surface area contributed by atoms with E-state index in [9.17, 15) is 9.59 Å². The Balaban J connectivity index is 1.90. The van der Waals surface area contributed by atoms with Crippen LogP contribution >= 0.6 is 0 Å². The Morgan fingerprint density at radius 3 is 2.54 bits per heavy atom. The van der Waals surface area contributed by atoms with Crippen molar-refractivity contribution in [2.24, 2.45) is 5.92 Å². The standard InChI is InChI=1S/C17H24N6O3/c1-11(2)8-15(16(24)21-26)19-17(25)18-9-13-10-23(22-20-13)14-6-4-12(3)5-7-14/h4-7,10-11,15,26H,8-9H2,1-3H3,(H,21,24)(H2,18,19,25)/t15-/m0/s1. The van der Waals surface area contributed by atoms with Crippen LogP contribution in [0.3, 0.4) is 0 Å². The van der Waals surface area contributed by atoms with Crippen molar-refractivity contribution in [2.75, 3.05) is 0 Å². The minimum absolute atomic E-state index is 0.160. The summed E-state index contributed by atoms with van der Waals surface area (Å²) >= 11 is 0. The number of benzene rings is 1. The fourth-order valence-electron chi connectivity index (χ4n) is 2.36. The van der Waals surface area contributed by atoms with Gasteiger partial charge in [-0.05, 0) is 31.4 Å². The number of hydrogen-bond acceptors (Lipinski definition) is 5. The Bertz CT molecular complexity index is 741. The normalized spacial score (nSPS) is 11.9. The van der Waals surface area contributed by atoms with Gasteiger partial charge in [-0.15, -0.1) is 5.10 Å².